The Hall–Kier alpha value is -2.40. The third-order valence-electron chi connectivity index (χ3n) is 4.06. The number of primary amides is 1. The fraction of sp³-hybridized carbons (Fsp3) is 0.438. The van der Waals surface area contributed by atoms with Gasteiger partial charge >= 0.3 is 0 Å². The monoisotopic (exact) mass is 349 g/mol. The summed E-state index contributed by atoms with van der Waals surface area (Å²) < 4.78 is 24.4. The number of hydrogen-bond acceptors (Lipinski definition) is 5. The summed E-state index contributed by atoms with van der Waals surface area (Å²) in [4.78, 5) is 24.7. The van der Waals surface area contributed by atoms with Crippen LogP contribution in [-0.2, 0) is 25.2 Å². The number of rotatable bonds is 5. The van der Waals surface area contributed by atoms with Crippen LogP contribution in [-0.4, -0.2) is 44.0 Å². The van der Waals surface area contributed by atoms with Crippen molar-refractivity contribution < 1.29 is 18.0 Å². The predicted molar refractivity (Wildman–Crippen MR) is 87.1 cm³/mol. The SMILES string of the molecule is N#Cc1ccc(CS(=O)(=O)CC(=O)N2CCC(C(N)=O)CC2)cc1. The van der Waals surface area contributed by atoms with Gasteiger partial charge in [0.25, 0.3) is 0 Å². The van der Waals surface area contributed by atoms with Crippen molar-refractivity contribution in [1.82, 2.24) is 4.90 Å². The molecule has 1 aliphatic rings. The van der Waals surface area contributed by atoms with Crippen LogP contribution in [0, 0.1) is 17.2 Å². The lowest BCUT2D eigenvalue weighted by Crippen LogP contribution is -2.44. The van der Waals surface area contributed by atoms with E-state index in [4.69, 9.17) is 11.0 Å². The zero-order valence-electron chi connectivity index (χ0n) is 13.1. The van der Waals surface area contributed by atoms with Gasteiger partial charge in [0.15, 0.2) is 9.84 Å². The molecule has 2 rings (SSSR count). The Morgan fingerprint density at radius 1 is 1.21 bits per heavy atom. The number of carbonyl (C=O) groups is 2. The molecule has 0 saturated carbocycles. The van der Waals surface area contributed by atoms with Gasteiger partial charge in [-0.15, -0.1) is 0 Å². The minimum Gasteiger partial charge on any atom is -0.369 e. The lowest BCUT2D eigenvalue weighted by molar-refractivity contribution is -0.132. The largest absolute Gasteiger partial charge is 0.369 e. The summed E-state index contributed by atoms with van der Waals surface area (Å²) >= 11 is 0. The van der Waals surface area contributed by atoms with Gasteiger partial charge in [-0.1, -0.05) is 12.1 Å². The Morgan fingerprint density at radius 2 is 1.79 bits per heavy atom. The maximum absolute atomic E-state index is 12.2. The zero-order valence-corrected chi connectivity index (χ0v) is 14.0. The van der Waals surface area contributed by atoms with Crippen LogP contribution in [0.3, 0.4) is 0 Å². The quantitative estimate of drug-likeness (QED) is 0.813. The third kappa shape index (κ3) is 4.80. The molecule has 0 radical (unpaired) electrons. The number of likely N-dealkylation sites (tertiary alicyclic amines) is 1. The van der Waals surface area contributed by atoms with Crippen molar-refractivity contribution in [2.75, 3.05) is 18.8 Å². The highest BCUT2D eigenvalue weighted by Gasteiger charge is 2.28. The van der Waals surface area contributed by atoms with E-state index in [2.05, 4.69) is 0 Å². The standard InChI is InChI=1S/C16H19N3O4S/c17-9-12-1-3-13(4-2-12)10-24(22,23)11-15(20)19-7-5-14(6-8-19)16(18)21/h1-4,14H,5-8,10-11H2,(H2,18,21). The second kappa shape index (κ2) is 7.45. The minimum absolute atomic E-state index is 0.246. The van der Waals surface area contributed by atoms with Crippen molar-refractivity contribution in [2.24, 2.45) is 11.7 Å². The number of nitrogens with zero attached hydrogens (tertiary/aromatic N) is 2. The molecule has 0 bridgehead atoms. The second-order valence-electron chi connectivity index (χ2n) is 5.90. The lowest BCUT2D eigenvalue weighted by Gasteiger charge is -2.30. The molecule has 128 valence electrons. The molecule has 1 aliphatic heterocycles. The molecule has 7 nitrogen and oxygen atoms in total. The highest BCUT2D eigenvalue weighted by molar-refractivity contribution is 7.91. The fourth-order valence-electron chi connectivity index (χ4n) is 2.67. The summed E-state index contributed by atoms with van der Waals surface area (Å²) in [7, 11) is -3.60. The molecule has 1 saturated heterocycles. The van der Waals surface area contributed by atoms with Crippen molar-refractivity contribution in [3.8, 4) is 6.07 Å². The van der Waals surface area contributed by atoms with Crippen molar-refractivity contribution in [3.63, 3.8) is 0 Å². The van der Waals surface area contributed by atoms with Gasteiger partial charge in [-0.25, -0.2) is 8.42 Å². The average molecular weight is 349 g/mol. The van der Waals surface area contributed by atoms with Crippen molar-refractivity contribution in [1.29, 1.82) is 5.26 Å². The van der Waals surface area contributed by atoms with Crippen LogP contribution in [0.25, 0.3) is 0 Å². The highest BCUT2D eigenvalue weighted by Crippen LogP contribution is 2.17. The number of hydrogen-bond donors (Lipinski definition) is 1. The normalized spacial score (nSPS) is 15.7. The number of benzene rings is 1. The summed E-state index contributed by atoms with van der Waals surface area (Å²) in [6, 6.07) is 8.18. The van der Waals surface area contributed by atoms with E-state index < -0.39 is 21.5 Å². The smallest absolute Gasteiger partial charge is 0.237 e. The van der Waals surface area contributed by atoms with Gasteiger partial charge < -0.3 is 10.6 Å². The summed E-state index contributed by atoms with van der Waals surface area (Å²) in [6.07, 6.45) is 0.938. The van der Waals surface area contributed by atoms with Gasteiger partial charge in [-0.05, 0) is 30.5 Å². The van der Waals surface area contributed by atoms with Crippen molar-refractivity contribution in [3.05, 3.63) is 35.4 Å². The van der Waals surface area contributed by atoms with Gasteiger partial charge in [0, 0.05) is 19.0 Å². The Kier molecular flexibility index (Phi) is 5.57. The molecule has 1 aromatic carbocycles. The van der Waals surface area contributed by atoms with Gasteiger partial charge in [0.05, 0.1) is 17.4 Å². The average Bonchev–Trinajstić information content (AvgIpc) is 2.54. The molecule has 8 heteroatoms. The molecule has 0 spiro atoms. The number of piperidine rings is 1. The van der Waals surface area contributed by atoms with Crippen LogP contribution < -0.4 is 5.73 Å². The van der Waals surface area contributed by atoms with E-state index in [1.807, 2.05) is 6.07 Å². The molecule has 2 N–H and O–H groups in total. The Balaban J connectivity index is 1.92. The number of nitrogens with two attached hydrogens (primary N) is 1. The van der Waals surface area contributed by atoms with Gasteiger partial charge in [-0.3, -0.25) is 9.59 Å². The number of nitriles is 1. The van der Waals surface area contributed by atoms with E-state index in [9.17, 15) is 18.0 Å². The molecule has 1 aromatic rings. The van der Waals surface area contributed by atoms with Crippen LogP contribution >= 0.6 is 0 Å². The van der Waals surface area contributed by atoms with Crippen molar-refractivity contribution in [2.45, 2.75) is 18.6 Å². The molecule has 1 heterocycles. The molecular weight excluding hydrogens is 330 g/mol. The van der Waals surface area contributed by atoms with E-state index >= 15 is 0 Å². The molecule has 0 unspecified atom stereocenters. The third-order valence-corrected chi connectivity index (χ3v) is 5.52. The molecule has 0 aromatic heterocycles. The van der Waals surface area contributed by atoms with Crippen molar-refractivity contribution >= 4 is 21.7 Å². The fourth-order valence-corrected chi connectivity index (χ4v) is 4.03. The molecule has 1 fully saturated rings. The second-order valence-corrected chi connectivity index (χ2v) is 7.96. The first-order valence-electron chi connectivity index (χ1n) is 7.57. The molecule has 2 amide bonds. The maximum atomic E-state index is 12.2. The number of amides is 2. The lowest BCUT2D eigenvalue weighted by atomic mass is 9.96. The Labute approximate surface area is 141 Å². The molecule has 0 atom stereocenters. The van der Waals surface area contributed by atoms with E-state index in [1.165, 1.54) is 4.90 Å². The van der Waals surface area contributed by atoms with Gasteiger partial charge in [0.2, 0.25) is 11.8 Å². The number of sulfone groups is 1. The minimum atomic E-state index is -3.60. The zero-order chi connectivity index (χ0) is 17.7. The van der Waals surface area contributed by atoms with E-state index in [-0.39, 0.29) is 17.6 Å². The summed E-state index contributed by atoms with van der Waals surface area (Å²) in [5.74, 6) is -1.89. The molecule has 24 heavy (non-hydrogen) atoms. The highest BCUT2D eigenvalue weighted by atomic mass is 32.2. The van der Waals surface area contributed by atoms with Crippen LogP contribution in [0.4, 0.5) is 0 Å². The van der Waals surface area contributed by atoms with Crippen LogP contribution in [0.1, 0.15) is 24.0 Å². The van der Waals surface area contributed by atoms with Crippen LogP contribution in [0.2, 0.25) is 0 Å². The molecular formula is C16H19N3O4S. The first-order valence-corrected chi connectivity index (χ1v) is 9.39. The Morgan fingerprint density at radius 3 is 2.29 bits per heavy atom. The summed E-state index contributed by atoms with van der Waals surface area (Å²) in [5, 5.41) is 8.73. The first kappa shape index (κ1) is 17.9. The van der Waals surface area contributed by atoms with E-state index in [0.717, 1.165) is 0 Å². The van der Waals surface area contributed by atoms with Crippen LogP contribution in [0.5, 0.6) is 0 Å². The first-order chi connectivity index (χ1) is 11.3. The maximum Gasteiger partial charge on any atom is 0.237 e. The van der Waals surface area contributed by atoms with E-state index in [1.54, 1.807) is 24.3 Å². The number of carbonyl (C=O) groups excluding carboxylic acids is 2. The summed E-state index contributed by atoms with van der Waals surface area (Å²) in [5.41, 5.74) is 6.22. The predicted octanol–water partition coefficient (Wildman–Crippen LogP) is 0.197. The Bertz CT molecular complexity index is 758. The van der Waals surface area contributed by atoms with Gasteiger partial charge in [-0.2, -0.15) is 5.26 Å². The van der Waals surface area contributed by atoms with Crippen LogP contribution in [0.15, 0.2) is 24.3 Å². The summed E-state index contributed by atoms with van der Waals surface area (Å²) in [6.45, 7) is 0.692. The molecule has 0 aliphatic carbocycles. The topological polar surface area (TPSA) is 121 Å². The van der Waals surface area contributed by atoms with E-state index in [0.29, 0.717) is 37.1 Å². The van der Waals surface area contributed by atoms with Gasteiger partial charge in [0.1, 0.15) is 5.75 Å².